The van der Waals surface area contributed by atoms with E-state index in [-0.39, 0.29) is 85.7 Å². The third-order valence-corrected chi connectivity index (χ3v) is 11.7. The minimum atomic E-state index is -4.87. The number of aromatic carboxylic acids is 2. The Hall–Kier alpha value is -7.80. The summed E-state index contributed by atoms with van der Waals surface area (Å²) < 4.78 is 133. The summed E-state index contributed by atoms with van der Waals surface area (Å²) in [4.78, 5) is 32.3. The van der Waals surface area contributed by atoms with Gasteiger partial charge in [0.2, 0.25) is 0 Å². The van der Waals surface area contributed by atoms with Gasteiger partial charge in [-0.25, -0.2) is 28.3 Å². The Labute approximate surface area is 401 Å². The second kappa shape index (κ2) is 19.3. The summed E-state index contributed by atoms with van der Waals surface area (Å²) in [6.07, 6.45) is -9.90. The number of carboxylic acid groups (broad SMARTS) is 2. The Kier molecular flexibility index (Phi) is 13.4. The lowest BCUT2D eigenvalue weighted by molar-refractivity contribution is -0.138. The first-order valence-corrected chi connectivity index (χ1v) is 21.7. The number of halogens is 9. The van der Waals surface area contributed by atoms with E-state index in [2.05, 4.69) is 25.9 Å². The number of benzene rings is 4. The van der Waals surface area contributed by atoms with Gasteiger partial charge in [0, 0.05) is 44.5 Å². The first-order chi connectivity index (χ1) is 33.2. The molecule has 0 unspecified atom stereocenters. The molecule has 0 bridgehead atoms. The second-order valence-corrected chi connectivity index (χ2v) is 16.8. The summed E-state index contributed by atoms with van der Waals surface area (Å²) in [7, 11) is 0. The molecular formula is C51H35BrF8N4O6. The van der Waals surface area contributed by atoms with Gasteiger partial charge in [-0.15, -0.1) is 0 Å². The van der Waals surface area contributed by atoms with Gasteiger partial charge in [0.15, 0.2) is 11.4 Å². The van der Waals surface area contributed by atoms with Crippen LogP contribution in [0.1, 0.15) is 65.7 Å². The van der Waals surface area contributed by atoms with E-state index >= 15 is 8.78 Å². The lowest BCUT2D eigenvalue weighted by Gasteiger charge is -2.20. The van der Waals surface area contributed by atoms with Gasteiger partial charge in [-0.3, -0.25) is 9.13 Å². The Morgan fingerprint density at radius 2 is 1.16 bits per heavy atom. The lowest BCUT2D eigenvalue weighted by atomic mass is 9.96. The maximum Gasteiger partial charge on any atom is 0.416 e. The van der Waals surface area contributed by atoms with Crippen molar-refractivity contribution in [1.29, 1.82) is 0 Å². The lowest BCUT2D eigenvalue weighted by Crippen LogP contribution is -2.11. The number of nitrogens with zero attached hydrogens (tertiary/aromatic N) is 4. The van der Waals surface area contributed by atoms with Gasteiger partial charge >= 0.3 is 24.3 Å². The third kappa shape index (κ3) is 10.1. The standard InChI is InChI=1S/C51H35BrF8N4O6/c1-27-12-17-42(63(27)45-10-4-8-40(61-45)48(65)66)35-22-32(50(55,56)57)14-18-43(35)70-26-37-29(6-3-7-38(37)53)21-31-20-28(2)64(46-11-5-9-41(62-46)49(67)68)47(31)36-23-33(51(58,59)60)15-19-44(36)69-25-30-13-16-34(52)24-39(30)54/h3-20,22-24H,21,25-26H2,1-2H3,(H,65,66)(H,67,68). The number of alkyl halides is 6. The van der Waals surface area contributed by atoms with Gasteiger partial charge in [-0.2, -0.15) is 26.3 Å². The Balaban J connectivity index is 1.25. The highest BCUT2D eigenvalue weighted by Crippen LogP contribution is 2.43. The topological polar surface area (TPSA) is 129 Å². The fraction of sp³-hybridized carbons (Fsp3) is 0.137. The van der Waals surface area contributed by atoms with Crippen LogP contribution >= 0.6 is 15.9 Å². The van der Waals surface area contributed by atoms with Crippen LogP contribution in [0.3, 0.4) is 0 Å². The molecule has 0 aliphatic heterocycles. The van der Waals surface area contributed by atoms with E-state index in [1.807, 2.05) is 0 Å². The van der Waals surface area contributed by atoms with E-state index in [9.17, 15) is 46.1 Å². The van der Waals surface area contributed by atoms with Gasteiger partial charge in [0.05, 0.1) is 22.5 Å². The highest BCUT2D eigenvalue weighted by Gasteiger charge is 2.34. The number of carboxylic acids is 2. The van der Waals surface area contributed by atoms with Crippen LogP contribution in [0.2, 0.25) is 0 Å². The highest BCUT2D eigenvalue weighted by molar-refractivity contribution is 9.10. The first-order valence-electron chi connectivity index (χ1n) is 20.9. The molecule has 19 heteroatoms. The van der Waals surface area contributed by atoms with Crippen LogP contribution < -0.4 is 9.47 Å². The molecule has 4 aromatic carbocycles. The number of rotatable bonds is 14. The van der Waals surface area contributed by atoms with Crippen LogP contribution in [-0.4, -0.2) is 41.3 Å². The number of hydrogen-bond donors (Lipinski definition) is 2. The molecule has 0 amide bonds. The smallest absolute Gasteiger partial charge is 0.416 e. The first kappa shape index (κ1) is 48.6. The largest absolute Gasteiger partial charge is 0.488 e. The average molecular weight is 1030 g/mol. The molecule has 4 aromatic heterocycles. The second-order valence-electron chi connectivity index (χ2n) is 15.8. The van der Waals surface area contributed by atoms with Crippen molar-refractivity contribution in [3.05, 3.63) is 200 Å². The van der Waals surface area contributed by atoms with Crippen molar-refractivity contribution in [2.24, 2.45) is 0 Å². The quantitative estimate of drug-likeness (QED) is 0.103. The fourth-order valence-electron chi connectivity index (χ4n) is 7.94. The minimum Gasteiger partial charge on any atom is -0.488 e. The molecule has 0 fully saturated rings. The molecule has 0 saturated heterocycles. The van der Waals surface area contributed by atoms with Crippen LogP contribution in [0.15, 0.2) is 132 Å². The molecule has 70 heavy (non-hydrogen) atoms. The Morgan fingerprint density at radius 3 is 1.76 bits per heavy atom. The summed E-state index contributed by atoms with van der Waals surface area (Å²) in [6, 6.07) is 26.5. The van der Waals surface area contributed by atoms with Gasteiger partial charge in [0.1, 0.15) is 48.0 Å². The molecule has 0 spiro atoms. The van der Waals surface area contributed by atoms with Crippen molar-refractivity contribution in [3.63, 3.8) is 0 Å². The van der Waals surface area contributed by atoms with Crippen LogP contribution in [-0.2, 0) is 32.0 Å². The molecule has 0 saturated carbocycles. The predicted octanol–water partition coefficient (Wildman–Crippen LogP) is 13.2. The molecule has 8 rings (SSSR count). The van der Waals surface area contributed by atoms with Crippen LogP contribution in [0, 0.1) is 25.5 Å². The molecule has 0 aliphatic carbocycles. The number of carbonyl (C=O) groups is 2. The van der Waals surface area contributed by atoms with E-state index < -0.39 is 60.3 Å². The molecule has 0 radical (unpaired) electrons. The summed E-state index contributed by atoms with van der Waals surface area (Å²) in [5, 5.41) is 19.5. The van der Waals surface area contributed by atoms with Crippen molar-refractivity contribution in [2.45, 2.75) is 45.8 Å². The van der Waals surface area contributed by atoms with E-state index in [4.69, 9.17) is 9.47 Å². The molecule has 4 heterocycles. The van der Waals surface area contributed by atoms with Crippen LogP contribution in [0.4, 0.5) is 35.1 Å². The summed E-state index contributed by atoms with van der Waals surface area (Å²) in [5.74, 6) is -4.37. The number of aromatic nitrogens is 4. The normalized spacial score (nSPS) is 11.8. The maximum absolute atomic E-state index is 16.2. The number of pyridine rings is 2. The highest BCUT2D eigenvalue weighted by atomic mass is 79.9. The van der Waals surface area contributed by atoms with Crippen molar-refractivity contribution in [2.75, 3.05) is 0 Å². The monoisotopic (exact) mass is 1030 g/mol. The van der Waals surface area contributed by atoms with Crippen molar-refractivity contribution in [3.8, 4) is 45.6 Å². The van der Waals surface area contributed by atoms with Crippen molar-refractivity contribution < 1.29 is 64.4 Å². The molecule has 10 nitrogen and oxygen atoms in total. The SMILES string of the molecule is Cc1ccc(-c2cc(C(F)(F)F)ccc2OCc2c(F)cccc2Cc2cc(C)n(-c3cccc(C(=O)O)n3)c2-c2cc(C(F)(F)F)ccc2OCc2ccc(Br)cc2F)n1-c1cccc(C(=O)O)n1. The zero-order valence-electron chi connectivity index (χ0n) is 36.5. The van der Waals surface area contributed by atoms with Crippen LogP contribution in [0.5, 0.6) is 11.5 Å². The predicted molar refractivity (Wildman–Crippen MR) is 243 cm³/mol. The summed E-state index contributed by atoms with van der Waals surface area (Å²) in [5.41, 5.74) is -1.62. The summed E-state index contributed by atoms with van der Waals surface area (Å²) in [6.45, 7) is 2.23. The van der Waals surface area contributed by atoms with Crippen LogP contribution in [0.25, 0.3) is 34.2 Å². The van der Waals surface area contributed by atoms with Gasteiger partial charge < -0.3 is 19.7 Å². The maximum atomic E-state index is 16.2. The molecule has 8 aromatic rings. The van der Waals surface area contributed by atoms with Gasteiger partial charge in [0.25, 0.3) is 0 Å². The molecule has 0 aliphatic rings. The van der Waals surface area contributed by atoms with E-state index in [1.165, 1.54) is 75.9 Å². The summed E-state index contributed by atoms with van der Waals surface area (Å²) >= 11 is 3.19. The van der Waals surface area contributed by atoms with Gasteiger partial charge in [-0.05, 0) is 122 Å². The Bertz CT molecular complexity index is 3330. The van der Waals surface area contributed by atoms with E-state index in [0.717, 1.165) is 42.5 Å². The molecule has 0 atom stereocenters. The zero-order valence-corrected chi connectivity index (χ0v) is 38.0. The average Bonchev–Trinajstić information content (AvgIpc) is 3.85. The number of ether oxygens (including phenoxy) is 2. The zero-order chi connectivity index (χ0) is 50.2. The molecular weight excluding hydrogens is 996 g/mol. The Morgan fingerprint density at radius 1 is 0.586 bits per heavy atom. The minimum absolute atomic E-state index is 0.0107. The van der Waals surface area contributed by atoms with E-state index in [0.29, 0.717) is 15.9 Å². The van der Waals surface area contributed by atoms with E-state index in [1.54, 1.807) is 32.0 Å². The number of hydrogen-bond acceptors (Lipinski definition) is 6. The van der Waals surface area contributed by atoms with Crippen molar-refractivity contribution in [1.82, 2.24) is 19.1 Å². The number of aryl methyl sites for hydroxylation is 2. The molecule has 2 N–H and O–H groups in total. The third-order valence-electron chi connectivity index (χ3n) is 11.2. The van der Waals surface area contributed by atoms with Crippen molar-refractivity contribution >= 4 is 27.9 Å². The van der Waals surface area contributed by atoms with Gasteiger partial charge in [-0.1, -0.05) is 46.3 Å². The fourth-order valence-corrected chi connectivity index (χ4v) is 8.28. The molecule has 358 valence electrons.